The lowest BCUT2D eigenvalue weighted by Gasteiger charge is -2.06. The van der Waals surface area contributed by atoms with Crippen LogP contribution in [-0.2, 0) is 22.3 Å². The highest BCUT2D eigenvalue weighted by molar-refractivity contribution is 5.87. The predicted molar refractivity (Wildman–Crippen MR) is 89.4 cm³/mol. The highest BCUT2D eigenvalue weighted by atomic mass is 19.4. The van der Waals surface area contributed by atoms with Gasteiger partial charge in [0, 0.05) is 6.08 Å². The third-order valence-electron chi connectivity index (χ3n) is 3.53. The molecule has 0 spiro atoms. The van der Waals surface area contributed by atoms with Crippen molar-refractivity contribution in [2.45, 2.75) is 12.8 Å². The van der Waals surface area contributed by atoms with Gasteiger partial charge < -0.3 is 4.74 Å². The summed E-state index contributed by atoms with van der Waals surface area (Å²) in [6, 6.07) is 13.5. The summed E-state index contributed by atoms with van der Waals surface area (Å²) < 4.78 is 44.1. The van der Waals surface area contributed by atoms with Crippen LogP contribution in [0.3, 0.4) is 0 Å². The van der Waals surface area contributed by atoms with Crippen molar-refractivity contribution in [1.29, 1.82) is 0 Å². The van der Waals surface area contributed by atoms with Gasteiger partial charge in [-0.3, -0.25) is 0 Å². The van der Waals surface area contributed by atoms with Gasteiger partial charge in [0.15, 0.2) is 12.4 Å². The van der Waals surface area contributed by atoms with Crippen LogP contribution in [0, 0.1) is 0 Å². The number of nitrogens with zero attached hydrogens (tertiary/aromatic N) is 4. The van der Waals surface area contributed by atoms with E-state index in [0.29, 0.717) is 17.1 Å². The molecule has 0 atom stereocenters. The minimum absolute atomic E-state index is 0.155. The van der Waals surface area contributed by atoms with Crippen LogP contribution in [0.4, 0.5) is 13.2 Å². The molecule has 6 nitrogen and oxygen atoms in total. The van der Waals surface area contributed by atoms with E-state index in [1.807, 2.05) is 18.2 Å². The molecule has 9 heteroatoms. The van der Waals surface area contributed by atoms with Gasteiger partial charge in [-0.05, 0) is 46.3 Å². The zero-order valence-corrected chi connectivity index (χ0v) is 13.8. The Balaban J connectivity index is 1.59. The summed E-state index contributed by atoms with van der Waals surface area (Å²) in [7, 11) is 0. The molecule has 0 bridgehead atoms. The van der Waals surface area contributed by atoms with Gasteiger partial charge in [-0.1, -0.05) is 30.3 Å². The molecule has 138 valence electrons. The van der Waals surface area contributed by atoms with Gasteiger partial charge in [-0.2, -0.15) is 17.9 Å². The van der Waals surface area contributed by atoms with Crippen molar-refractivity contribution in [3.63, 3.8) is 0 Å². The van der Waals surface area contributed by atoms with E-state index in [1.165, 1.54) is 22.9 Å². The summed E-state index contributed by atoms with van der Waals surface area (Å²) in [6.45, 7) is -0.155. The van der Waals surface area contributed by atoms with E-state index in [1.54, 1.807) is 12.1 Å². The molecule has 0 aliphatic rings. The average Bonchev–Trinajstić information content (AvgIpc) is 3.13. The maximum absolute atomic E-state index is 12.5. The second-order valence-corrected chi connectivity index (χ2v) is 5.40. The van der Waals surface area contributed by atoms with Crippen molar-refractivity contribution in [3.05, 3.63) is 77.6 Å². The number of aromatic nitrogens is 4. The second-order valence-electron chi connectivity index (χ2n) is 5.40. The van der Waals surface area contributed by atoms with Crippen LogP contribution in [0.5, 0.6) is 0 Å². The van der Waals surface area contributed by atoms with Crippen LogP contribution < -0.4 is 0 Å². The van der Waals surface area contributed by atoms with Crippen LogP contribution in [0.15, 0.2) is 60.7 Å². The molecule has 0 aliphatic heterocycles. The fourth-order valence-corrected chi connectivity index (χ4v) is 2.20. The van der Waals surface area contributed by atoms with E-state index in [-0.39, 0.29) is 6.61 Å². The Kier molecular flexibility index (Phi) is 5.30. The van der Waals surface area contributed by atoms with E-state index < -0.39 is 17.7 Å². The average molecular weight is 374 g/mol. The van der Waals surface area contributed by atoms with Crippen LogP contribution in [0.2, 0.25) is 0 Å². The summed E-state index contributed by atoms with van der Waals surface area (Å²) in [5.74, 6) is -0.338. The number of rotatable bonds is 5. The zero-order valence-electron chi connectivity index (χ0n) is 13.8. The standard InChI is InChI=1S/C18H13F3N4O2/c19-18(20,21)14-9-6-13(7-10-14)8-11-17(26)27-12-16-22-23-24-25(16)15-4-2-1-3-5-15/h1-11H,12H2/b11-8+. The van der Waals surface area contributed by atoms with Gasteiger partial charge in [0.1, 0.15) is 0 Å². The number of hydrogen-bond donors (Lipinski definition) is 0. The first kappa shape index (κ1) is 18.3. The number of carbonyl (C=O) groups is 1. The first-order valence-electron chi connectivity index (χ1n) is 7.78. The van der Waals surface area contributed by atoms with Crippen molar-refractivity contribution >= 4 is 12.0 Å². The Morgan fingerprint density at radius 2 is 1.78 bits per heavy atom. The summed E-state index contributed by atoms with van der Waals surface area (Å²) in [5.41, 5.74) is 0.401. The minimum Gasteiger partial charge on any atom is -0.454 e. The van der Waals surface area contributed by atoms with Crippen molar-refractivity contribution < 1.29 is 22.7 Å². The van der Waals surface area contributed by atoms with E-state index in [9.17, 15) is 18.0 Å². The highest BCUT2D eigenvalue weighted by Crippen LogP contribution is 2.29. The lowest BCUT2D eigenvalue weighted by molar-refractivity contribution is -0.139. The number of tetrazole rings is 1. The number of hydrogen-bond acceptors (Lipinski definition) is 5. The lowest BCUT2D eigenvalue weighted by Crippen LogP contribution is -2.08. The van der Waals surface area contributed by atoms with Gasteiger partial charge in [0.25, 0.3) is 0 Å². The van der Waals surface area contributed by atoms with E-state index >= 15 is 0 Å². The van der Waals surface area contributed by atoms with E-state index in [4.69, 9.17) is 4.74 Å². The summed E-state index contributed by atoms with van der Waals surface area (Å²) >= 11 is 0. The van der Waals surface area contributed by atoms with Crippen LogP contribution >= 0.6 is 0 Å². The largest absolute Gasteiger partial charge is 0.454 e. The van der Waals surface area contributed by atoms with Crippen molar-refractivity contribution in [2.75, 3.05) is 0 Å². The normalized spacial score (nSPS) is 11.7. The molecular formula is C18H13F3N4O2. The summed E-state index contributed by atoms with van der Waals surface area (Å²) in [4.78, 5) is 11.8. The van der Waals surface area contributed by atoms with E-state index in [0.717, 1.165) is 18.2 Å². The Bertz CT molecular complexity index is 935. The number of carbonyl (C=O) groups excluding carboxylic acids is 1. The second kappa shape index (κ2) is 7.81. The minimum atomic E-state index is -4.40. The SMILES string of the molecule is O=C(/C=C/c1ccc(C(F)(F)F)cc1)OCc1nnnn1-c1ccccc1. The number of ether oxygens (including phenoxy) is 1. The van der Waals surface area contributed by atoms with Crippen LogP contribution in [0.1, 0.15) is 17.0 Å². The molecule has 0 unspecified atom stereocenters. The summed E-state index contributed by atoms with van der Waals surface area (Å²) in [5, 5.41) is 11.2. The monoisotopic (exact) mass is 374 g/mol. The molecule has 0 N–H and O–H groups in total. The fraction of sp³-hybridized carbons (Fsp3) is 0.111. The number of alkyl halides is 3. The zero-order chi connectivity index (χ0) is 19.3. The molecule has 0 saturated heterocycles. The Hall–Kier alpha value is -3.49. The maximum Gasteiger partial charge on any atom is 0.416 e. The third kappa shape index (κ3) is 4.78. The van der Waals surface area contributed by atoms with Crippen LogP contribution in [0.25, 0.3) is 11.8 Å². The van der Waals surface area contributed by atoms with Crippen LogP contribution in [-0.4, -0.2) is 26.2 Å². The summed E-state index contributed by atoms with van der Waals surface area (Å²) in [6.07, 6.45) is -1.91. The van der Waals surface area contributed by atoms with Gasteiger partial charge in [-0.25, -0.2) is 4.79 Å². The number of halogens is 3. The molecule has 3 rings (SSSR count). The molecule has 1 aromatic heterocycles. The Morgan fingerprint density at radius 1 is 1.07 bits per heavy atom. The molecule has 1 heterocycles. The van der Waals surface area contributed by atoms with Gasteiger partial charge in [0.2, 0.25) is 0 Å². The number of esters is 1. The van der Waals surface area contributed by atoms with Crippen molar-refractivity contribution in [3.8, 4) is 5.69 Å². The lowest BCUT2D eigenvalue weighted by atomic mass is 10.1. The van der Waals surface area contributed by atoms with Gasteiger partial charge in [-0.15, -0.1) is 5.10 Å². The van der Waals surface area contributed by atoms with E-state index in [2.05, 4.69) is 15.5 Å². The van der Waals surface area contributed by atoms with Gasteiger partial charge in [0.05, 0.1) is 11.3 Å². The number of para-hydroxylation sites is 1. The van der Waals surface area contributed by atoms with Crippen molar-refractivity contribution in [1.82, 2.24) is 20.2 Å². The molecule has 0 saturated carbocycles. The molecule has 0 radical (unpaired) electrons. The molecule has 0 amide bonds. The predicted octanol–water partition coefficient (Wildman–Crippen LogP) is 3.44. The Morgan fingerprint density at radius 3 is 2.44 bits per heavy atom. The smallest absolute Gasteiger partial charge is 0.416 e. The molecule has 3 aromatic rings. The third-order valence-corrected chi connectivity index (χ3v) is 3.53. The molecule has 0 aliphatic carbocycles. The number of benzene rings is 2. The van der Waals surface area contributed by atoms with Crippen molar-refractivity contribution in [2.24, 2.45) is 0 Å². The molecular weight excluding hydrogens is 361 g/mol. The molecule has 2 aromatic carbocycles. The quantitative estimate of drug-likeness (QED) is 0.505. The first-order valence-corrected chi connectivity index (χ1v) is 7.78. The highest BCUT2D eigenvalue weighted by Gasteiger charge is 2.29. The fourth-order valence-electron chi connectivity index (χ4n) is 2.20. The van der Waals surface area contributed by atoms with Gasteiger partial charge >= 0.3 is 12.1 Å². The Labute approximate surface area is 151 Å². The first-order chi connectivity index (χ1) is 12.9. The molecule has 27 heavy (non-hydrogen) atoms. The molecule has 0 fully saturated rings. The topological polar surface area (TPSA) is 69.9 Å². The maximum atomic E-state index is 12.5.